The highest BCUT2D eigenvalue weighted by atomic mass is 31.2. The quantitative estimate of drug-likeness (QED) is 0.121. The molecule has 4 rings (SSSR count). The van der Waals surface area contributed by atoms with Crippen LogP contribution in [-0.4, -0.2) is 21.3 Å². The number of methoxy groups -OCH3 is 3. The Bertz CT molecular complexity index is 1430. The minimum Gasteiger partial charge on any atom is -0.493 e. The molecular weight excluding hydrogens is 534 g/mol. The fourth-order valence-corrected chi connectivity index (χ4v) is 4.94. The highest BCUT2D eigenvalue weighted by Crippen LogP contribution is 2.53. The van der Waals surface area contributed by atoms with Crippen molar-refractivity contribution in [3.05, 3.63) is 119 Å². The molecule has 0 bridgehead atoms. The standard InChI is InChI=1S/C31H30FO7P/c1-34-28-17-16-23(14-15-26-18-27(32)31(36-3)30(20-26)35-2)19-29(28)39-40(33,37-21-24-10-6-4-7-11-24)38-22-25-12-8-5-9-13-25/h4-20H,21-22H2,1-3H3/b15-14-. The first-order valence-electron chi connectivity index (χ1n) is 12.4. The average Bonchev–Trinajstić information content (AvgIpc) is 2.99. The van der Waals surface area contributed by atoms with Gasteiger partial charge in [0.2, 0.25) is 0 Å². The largest absolute Gasteiger partial charge is 0.530 e. The second-order valence-corrected chi connectivity index (χ2v) is 10.1. The van der Waals surface area contributed by atoms with Crippen molar-refractivity contribution in [3.63, 3.8) is 0 Å². The minimum absolute atomic E-state index is 0.0136. The van der Waals surface area contributed by atoms with E-state index in [1.165, 1.54) is 27.4 Å². The summed E-state index contributed by atoms with van der Waals surface area (Å²) in [5, 5.41) is 0. The van der Waals surface area contributed by atoms with Crippen LogP contribution in [0.5, 0.6) is 23.0 Å². The van der Waals surface area contributed by atoms with Crippen molar-refractivity contribution in [3.8, 4) is 23.0 Å². The molecule has 0 aromatic heterocycles. The van der Waals surface area contributed by atoms with Crippen molar-refractivity contribution in [2.24, 2.45) is 0 Å². The number of ether oxygens (including phenoxy) is 3. The number of hydrogen-bond acceptors (Lipinski definition) is 7. The molecule has 4 aromatic carbocycles. The van der Waals surface area contributed by atoms with Crippen LogP contribution in [0.2, 0.25) is 0 Å². The molecule has 9 heteroatoms. The van der Waals surface area contributed by atoms with E-state index < -0.39 is 13.6 Å². The molecule has 0 spiro atoms. The van der Waals surface area contributed by atoms with Gasteiger partial charge in [0.25, 0.3) is 0 Å². The lowest BCUT2D eigenvalue weighted by Gasteiger charge is -2.20. The minimum atomic E-state index is -4.12. The summed E-state index contributed by atoms with van der Waals surface area (Å²) < 4.78 is 61.4. The molecule has 40 heavy (non-hydrogen) atoms. The maximum Gasteiger partial charge on any atom is 0.530 e. The molecule has 0 fully saturated rings. The van der Waals surface area contributed by atoms with Crippen LogP contribution in [0.25, 0.3) is 12.2 Å². The van der Waals surface area contributed by atoms with Crippen molar-refractivity contribution in [1.82, 2.24) is 0 Å². The van der Waals surface area contributed by atoms with E-state index in [0.717, 1.165) is 11.1 Å². The van der Waals surface area contributed by atoms with Gasteiger partial charge in [-0.15, -0.1) is 0 Å². The number of phosphoric acid groups is 1. The molecule has 0 atom stereocenters. The van der Waals surface area contributed by atoms with Crippen LogP contribution in [0.15, 0.2) is 91.0 Å². The Labute approximate surface area is 233 Å². The SMILES string of the molecule is COc1ccc(/C=C\c2cc(F)c(OC)c(OC)c2)cc1OP(=O)(OCc1ccccc1)OCc1ccccc1. The van der Waals surface area contributed by atoms with E-state index in [-0.39, 0.29) is 30.5 Å². The third kappa shape index (κ3) is 7.73. The molecule has 0 N–H and O–H groups in total. The molecule has 208 valence electrons. The van der Waals surface area contributed by atoms with Gasteiger partial charge in [-0.1, -0.05) is 78.9 Å². The van der Waals surface area contributed by atoms with Gasteiger partial charge in [-0.2, -0.15) is 0 Å². The second kappa shape index (κ2) is 13.8. The smallest absolute Gasteiger partial charge is 0.493 e. The number of benzene rings is 4. The maximum absolute atomic E-state index is 14.4. The molecule has 0 aliphatic heterocycles. The summed E-state index contributed by atoms with van der Waals surface area (Å²) in [6.45, 7) is 0.0271. The molecule has 0 aliphatic carbocycles. The van der Waals surface area contributed by atoms with Gasteiger partial charge < -0.3 is 18.7 Å². The summed E-state index contributed by atoms with van der Waals surface area (Å²) in [4.78, 5) is 0. The Kier molecular flexibility index (Phi) is 9.97. The van der Waals surface area contributed by atoms with E-state index in [1.54, 1.807) is 36.4 Å². The molecule has 0 amide bonds. The molecule has 0 heterocycles. The molecule has 7 nitrogen and oxygen atoms in total. The first-order valence-corrected chi connectivity index (χ1v) is 13.8. The average molecular weight is 565 g/mol. The first kappa shape index (κ1) is 28.9. The zero-order valence-corrected chi connectivity index (χ0v) is 23.3. The van der Waals surface area contributed by atoms with Gasteiger partial charge in [0.1, 0.15) is 0 Å². The van der Waals surface area contributed by atoms with Gasteiger partial charge in [-0.3, -0.25) is 9.05 Å². The Morgan fingerprint density at radius 1 is 0.650 bits per heavy atom. The predicted molar refractivity (Wildman–Crippen MR) is 152 cm³/mol. The monoisotopic (exact) mass is 564 g/mol. The topological polar surface area (TPSA) is 72.5 Å². The van der Waals surface area contributed by atoms with Crippen molar-refractivity contribution in [2.75, 3.05) is 21.3 Å². The first-order chi connectivity index (χ1) is 19.4. The van der Waals surface area contributed by atoms with Gasteiger partial charge in [0.05, 0.1) is 34.5 Å². The Hall–Kier alpha value is -4.10. The van der Waals surface area contributed by atoms with Crippen LogP contribution in [-0.2, 0) is 26.8 Å². The number of hydrogen-bond donors (Lipinski definition) is 0. The third-order valence-electron chi connectivity index (χ3n) is 5.79. The summed E-state index contributed by atoms with van der Waals surface area (Å²) in [5.41, 5.74) is 2.83. The van der Waals surface area contributed by atoms with Crippen LogP contribution in [0, 0.1) is 5.82 Å². The fourth-order valence-electron chi connectivity index (χ4n) is 3.76. The maximum atomic E-state index is 14.4. The highest BCUT2D eigenvalue weighted by Gasteiger charge is 2.30. The summed E-state index contributed by atoms with van der Waals surface area (Å²) in [7, 11) is 0.174. The van der Waals surface area contributed by atoms with Crippen LogP contribution in [0.3, 0.4) is 0 Å². The lowest BCUT2D eigenvalue weighted by molar-refractivity contribution is 0.142. The number of phosphoric ester groups is 1. The number of halogens is 1. The molecule has 0 saturated heterocycles. The molecule has 0 radical (unpaired) electrons. The van der Waals surface area contributed by atoms with Gasteiger partial charge in [-0.05, 0) is 46.5 Å². The van der Waals surface area contributed by atoms with Crippen LogP contribution < -0.4 is 18.7 Å². The summed E-state index contributed by atoms with van der Waals surface area (Å²) >= 11 is 0. The summed E-state index contributed by atoms with van der Waals surface area (Å²) in [6, 6.07) is 26.7. The van der Waals surface area contributed by atoms with Gasteiger partial charge >= 0.3 is 7.82 Å². The number of rotatable bonds is 13. The zero-order valence-electron chi connectivity index (χ0n) is 22.4. The van der Waals surface area contributed by atoms with Crippen LogP contribution in [0.1, 0.15) is 22.3 Å². The Morgan fingerprint density at radius 2 is 1.20 bits per heavy atom. The fraction of sp³-hybridized carbons (Fsp3) is 0.161. The Morgan fingerprint density at radius 3 is 1.75 bits per heavy atom. The van der Waals surface area contributed by atoms with Gasteiger partial charge in [-0.25, -0.2) is 8.96 Å². The zero-order chi connectivity index (χ0) is 28.4. The van der Waals surface area contributed by atoms with E-state index in [0.29, 0.717) is 16.9 Å². The van der Waals surface area contributed by atoms with Crippen molar-refractivity contribution < 1.29 is 36.7 Å². The molecule has 0 aliphatic rings. The van der Waals surface area contributed by atoms with Crippen LogP contribution >= 0.6 is 7.82 Å². The van der Waals surface area contributed by atoms with Crippen molar-refractivity contribution in [2.45, 2.75) is 13.2 Å². The molecule has 4 aromatic rings. The van der Waals surface area contributed by atoms with E-state index in [4.69, 9.17) is 27.8 Å². The lowest BCUT2D eigenvalue weighted by atomic mass is 10.1. The van der Waals surface area contributed by atoms with E-state index in [9.17, 15) is 8.96 Å². The van der Waals surface area contributed by atoms with Gasteiger partial charge in [0, 0.05) is 0 Å². The van der Waals surface area contributed by atoms with Crippen LogP contribution in [0.4, 0.5) is 4.39 Å². The molecular formula is C31H30FO7P. The van der Waals surface area contributed by atoms with Gasteiger partial charge in [0.15, 0.2) is 28.8 Å². The van der Waals surface area contributed by atoms with Crippen molar-refractivity contribution in [1.29, 1.82) is 0 Å². The second-order valence-electron chi connectivity index (χ2n) is 8.54. The highest BCUT2D eigenvalue weighted by molar-refractivity contribution is 7.48. The molecule has 0 unspecified atom stereocenters. The normalized spacial score (nSPS) is 11.4. The summed E-state index contributed by atoms with van der Waals surface area (Å²) in [5.74, 6) is 0.246. The third-order valence-corrected chi connectivity index (χ3v) is 7.10. The predicted octanol–water partition coefficient (Wildman–Crippen LogP) is 7.94. The van der Waals surface area contributed by atoms with E-state index >= 15 is 0 Å². The Balaban J connectivity index is 1.59. The lowest BCUT2D eigenvalue weighted by Crippen LogP contribution is -2.04. The van der Waals surface area contributed by atoms with E-state index in [1.807, 2.05) is 60.7 Å². The van der Waals surface area contributed by atoms with Crippen molar-refractivity contribution >= 4 is 20.0 Å². The molecule has 0 saturated carbocycles. The van der Waals surface area contributed by atoms with E-state index in [2.05, 4.69) is 0 Å². The summed E-state index contributed by atoms with van der Waals surface area (Å²) in [6.07, 6.45) is 3.45.